The molecular weight excluding hydrogens is 526 g/mol. The molecule has 0 aliphatic rings. The lowest BCUT2D eigenvalue weighted by molar-refractivity contribution is -0.223. The summed E-state index contributed by atoms with van der Waals surface area (Å²) in [5.41, 5.74) is 3.30. The normalized spacial score (nSPS) is 12.7. The summed E-state index contributed by atoms with van der Waals surface area (Å²) in [4.78, 5) is 3.89. The van der Waals surface area contributed by atoms with Gasteiger partial charge in [-0.15, -0.1) is 12.6 Å². The van der Waals surface area contributed by atoms with E-state index < -0.39 is 27.7 Å². The summed E-state index contributed by atoms with van der Waals surface area (Å²) in [7, 11) is -6.66. The van der Waals surface area contributed by atoms with E-state index in [1.807, 2.05) is 45.0 Å². The van der Waals surface area contributed by atoms with Crippen molar-refractivity contribution >= 4 is 28.4 Å². The van der Waals surface area contributed by atoms with Crippen molar-refractivity contribution in [2.24, 2.45) is 0 Å². The third kappa shape index (κ3) is 7.39. The Kier molecular flexibility index (Phi) is 10.2. The largest absolute Gasteiger partial charge is 0.743 e. The average Bonchev–Trinajstić information content (AvgIpc) is 2.75. The van der Waals surface area contributed by atoms with E-state index in [1.165, 1.54) is 5.56 Å². The van der Waals surface area contributed by atoms with Gasteiger partial charge in [0, 0.05) is 5.56 Å². The fourth-order valence-corrected chi connectivity index (χ4v) is 3.37. The number of ether oxygens (including phenoxy) is 2. The highest BCUT2D eigenvalue weighted by atomic mass is 32.2. The lowest BCUT2D eigenvalue weighted by Gasteiger charge is -2.24. The zero-order valence-corrected chi connectivity index (χ0v) is 20.1. The number of hydrogen-bond donors (Lipinski definition) is 1. The predicted molar refractivity (Wildman–Crippen MR) is 117 cm³/mol. The van der Waals surface area contributed by atoms with Crippen LogP contribution in [-0.2, 0) is 10.1 Å². The Bertz CT molecular complexity index is 1170. The average molecular weight is 547 g/mol. The van der Waals surface area contributed by atoms with Crippen molar-refractivity contribution < 1.29 is 48.8 Å². The monoisotopic (exact) mass is 546 g/mol. The van der Waals surface area contributed by atoms with Crippen molar-refractivity contribution in [1.82, 2.24) is 0 Å². The molecule has 0 aliphatic carbocycles. The fraction of sp³-hybridized carbons (Fsp3) is 0.400. The summed E-state index contributed by atoms with van der Waals surface area (Å²) >= 11 is 4.59. The molecule has 2 rings (SSSR count). The molecule has 0 radical (unpaired) electrons. The molecule has 15 heteroatoms. The predicted octanol–water partition coefficient (Wildman–Crippen LogP) is 6.26. The summed E-state index contributed by atoms with van der Waals surface area (Å²) in [5, 5.41) is 3.22. The SMILES string of the molecule is CCOc1cc([N+]#N)c(OCC)c(S)c1-c1ccc(C)cc1.O=S(=O)([O-])C(F)(F)C(F)C(F)(F)F. The number of rotatable bonds is 7. The van der Waals surface area contributed by atoms with Gasteiger partial charge in [-0.05, 0) is 26.3 Å². The second-order valence-electron chi connectivity index (χ2n) is 6.70. The third-order valence-electron chi connectivity index (χ3n) is 4.15. The maximum absolute atomic E-state index is 11.8. The Hall–Kier alpha value is -2.70. The van der Waals surface area contributed by atoms with E-state index in [0.717, 1.165) is 11.1 Å². The Balaban J connectivity index is 0.000000405. The summed E-state index contributed by atoms with van der Waals surface area (Å²) in [6.07, 6.45) is -11.1. The van der Waals surface area contributed by atoms with Gasteiger partial charge in [-0.3, -0.25) is 0 Å². The maximum Gasteiger partial charge on any atom is 0.431 e. The minimum atomic E-state index is -6.66. The van der Waals surface area contributed by atoms with Gasteiger partial charge in [0.05, 0.1) is 24.2 Å². The third-order valence-corrected chi connectivity index (χ3v) is 5.45. The van der Waals surface area contributed by atoms with Gasteiger partial charge in [-0.2, -0.15) is 22.0 Å². The van der Waals surface area contributed by atoms with Crippen LogP contribution >= 0.6 is 12.6 Å². The molecule has 0 bridgehead atoms. The van der Waals surface area contributed by atoms with Crippen LogP contribution in [0.1, 0.15) is 19.4 Å². The van der Waals surface area contributed by atoms with Crippen LogP contribution in [0.2, 0.25) is 0 Å². The zero-order valence-electron chi connectivity index (χ0n) is 18.4. The summed E-state index contributed by atoms with van der Waals surface area (Å²) in [5.74, 6) is 1.07. The lowest BCUT2D eigenvalue weighted by Crippen LogP contribution is -2.46. The molecule has 194 valence electrons. The first kappa shape index (κ1) is 30.3. The van der Waals surface area contributed by atoms with E-state index in [2.05, 4.69) is 17.6 Å². The first-order chi connectivity index (χ1) is 16.0. The van der Waals surface area contributed by atoms with Gasteiger partial charge in [-0.25, -0.2) is 12.8 Å². The molecular formula is C20H20F6N2O5S2. The van der Waals surface area contributed by atoms with Crippen LogP contribution in [0.3, 0.4) is 0 Å². The van der Waals surface area contributed by atoms with Crippen molar-refractivity contribution in [2.45, 2.75) is 43.3 Å². The number of alkyl halides is 6. The van der Waals surface area contributed by atoms with Gasteiger partial charge >= 0.3 is 17.1 Å². The molecule has 0 saturated heterocycles. The van der Waals surface area contributed by atoms with Crippen LogP contribution in [0.4, 0.5) is 32.0 Å². The standard InChI is InChI=1S/C17H18N2O2S.C3H2F6O3S/c1-4-20-14-10-13(19-18)16(21-5-2)17(22)15(14)12-8-6-11(3)7-9-12;4-1(2(5,6)7)3(8,9)13(10,11)12/h6-10H,4-5H2,1-3H3;1H,(H,10,11,12). The molecule has 1 unspecified atom stereocenters. The second kappa shape index (κ2) is 11.8. The first-order valence-electron chi connectivity index (χ1n) is 9.64. The van der Waals surface area contributed by atoms with E-state index in [0.29, 0.717) is 35.3 Å². The molecule has 7 nitrogen and oxygen atoms in total. The molecule has 0 spiro atoms. The number of halogens is 6. The smallest absolute Gasteiger partial charge is 0.431 e. The highest BCUT2D eigenvalue weighted by Gasteiger charge is 2.61. The second-order valence-corrected chi connectivity index (χ2v) is 8.60. The van der Waals surface area contributed by atoms with E-state index >= 15 is 0 Å². The Morgan fingerprint density at radius 3 is 1.97 bits per heavy atom. The van der Waals surface area contributed by atoms with E-state index in [-0.39, 0.29) is 0 Å². The van der Waals surface area contributed by atoms with Crippen LogP contribution < -0.4 is 9.47 Å². The van der Waals surface area contributed by atoms with Gasteiger partial charge < -0.3 is 14.0 Å². The fourth-order valence-electron chi connectivity index (χ4n) is 2.56. The minimum absolute atomic E-state index is 0.311. The first-order valence-corrected chi connectivity index (χ1v) is 11.5. The van der Waals surface area contributed by atoms with E-state index in [9.17, 15) is 44.7 Å². The Morgan fingerprint density at radius 1 is 1.09 bits per heavy atom. The highest BCUT2D eigenvalue weighted by Crippen LogP contribution is 2.47. The van der Waals surface area contributed by atoms with Crippen LogP contribution in [-0.4, -0.2) is 43.8 Å². The topological polar surface area (TPSA) is 104 Å². The molecule has 2 aromatic carbocycles. The van der Waals surface area contributed by atoms with Gasteiger partial charge in [-0.1, -0.05) is 29.8 Å². The summed E-state index contributed by atoms with van der Waals surface area (Å²) in [6.45, 7) is 6.77. The molecule has 0 fully saturated rings. The Morgan fingerprint density at radius 2 is 1.60 bits per heavy atom. The van der Waals surface area contributed by atoms with Gasteiger partial charge in [0.15, 0.2) is 15.1 Å². The van der Waals surface area contributed by atoms with E-state index in [1.54, 1.807) is 6.07 Å². The quantitative estimate of drug-likeness (QED) is 0.190. The Labute approximate surface area is 202 Å². The minimum Gasteiger partial charge on any atom is -0.743 e. The van der Waals surface area contributed by atoms with Crippen LogP contribution in [0.25, 0.3) is 16.1 Å². The van der Waals surface area contributed by atoms with Gasteiger partial charge in [0.25, 0.3) is 6.17 Å². The van der Waals surface area contributed by atoms with E-state index in [4.69, 9.17) is 9.47 Å². The number of hydrogen-bond acceptors (Lipinski definition) is 7. The number of aryl methyl sites for hydroxylation is 1. The molecule has 0 amide bonds. The van der Waals surface area contributed by atoms with Gasteiger partial charge in [0.1, 0.15) is 5.75 Å². The van der Waals surface area contributed by atoms with Crippen molar-refractivity contribution in [2.75, 3.05) is 13.2 Å². The van der Waals surface area contributed by atoms with Crippen molar-refractivity contribution in [3.8, 4) is 22.6 Å². The molecule has 0 N–H and O–H groups in total. The molecule has 0 saturated carbocycles. The molecule has 35 heavy (non-hydrogen) atoms. The number of diazo groups is 1. The molecule has 0 aliphatic heterocycles. The number of nitrogens with zero attached hydrogens (tertiary/aromatic N) is 2. The summed E-state index contributed by atoms with van der Waals surface area (Å²) < 4.78 is 109. The number of benzene rings is 2. The molecule has 0 aromatic heterocycles. The molecule has 1 atom stereocenters. The lowest BCUT2D eigenvalue weighted by atomic mass is 10.0. The molecule has 2 aromatic rings. The van der Waals surface area contributed by atoms with Crippen molar-refractivity contribution in [3.63, 3.8) is 0 Å². The van der Waals surface area contributed by atoms with Crippen molar-refractivity contribution in [1.29, 1.82) is 5.39 Å². The van der Waals surface area contributed by atoms with Crippen LogP contribution in [0.15, 0.2) is 35.2 Å². The molecule has 0 heterocycles. The zero-order chi connectivity index (χ0) is 27.2. The van der Waals surface area contributed by atoms with Crippen molar-refractivity contribution in [3.05, 3.63) is 40.9 Å². The van der Waals surface area contributed by atoms with Crippen LogP contribution in [0, 0.1) is 12.3 Å². The number of thiol groups is 1. The van der Waals surface area contributed by atoms with Gasteiger partial charge in [0.2, 0.25) is 11.1 Å². The summed E-state index contributed by atoms with van der Waals surface area (Å²) in [6, 6.07) is 9.76. The highest BCUT2D eigenvalue weighted by molar-refractivity contribution is 7.86. The van der Waals surface area contributed by atoms with Crippen LogP contribution in [0.5, 0.6) is 11.5 Å². The maximum atomic E-state index is 11.8.